The highest BCUT2D eigenvalue weighted by Gasteiger charge is 2.52. The van der Waals surface area contributed by atoms with E-state index in [1.807, 2.05) is 13.0 Å². The van der Waals surface area contributed by atoms with E-state index in [0.717, 1.165) is 12.4 Å². The van der Waals surface area contributed by atoms with Crippen LogP contribution in [0.4, 0.5) is 17.6 Å². The number of fused-ring (bicyclic) bond motifs is 2. The molecule has 6 rings (SSSR count). The monoisotopic (exact) mass is 938 g/mol. The van der Waals surface area contributed by atoms with Crippen molar-refractivity contribution in [3.8, 4) is 0 Å². The van der Waals surface area contributed by atoms with E-state index >= 15 is 0 Å². The number of carbonyl (C=O) groups excluding carboxylic acids is 7. The number of hydrogen-bond acceptors (Lipinski definition) is 14. The van der Waals surface area contributed by atoms with Crippen LogP contribution >= 0.6 is 8.15 Å². The molecule has 2 aromatic rings. The Hall–Kier alpha value is -5.22. The number of hydrogen-bond donors (Lipinski definition) is 0. The summed E-state index contributed by atoms with van der Waals surface area (Å²) >= 11 is 0. The fraction of sp³-hybridized carbons (Fsp3) is 0.543. The van der Waals surface area contributed by atoms with Gasteiger partial charge < -0.3 is 28.3 Å². The minimum absolute atomic E-state index is 0.111. The number of unbranched alkanes of at least 4 members (excludes halogenated alkanes) is 2. The maximum absolute atomic E-state index is 14.0. The van der Waals surface area contributed by atoms with E-state index in [2.05, 4.69) is 0 Å². The van der Waals surface area contributed by atoms with Crippen LogP contribution in [0, 0.1) is 33.6 Å². The molecule has 0 radical (unpaired) electrons. The molecule has 9 atom stereocenters. The number of esters is 4. The third kappa shape index (κ3) is 15.7. The number of ether oxygens (including phenoxy) is 4. The van der Waals surface area contributed by atoms with E-state index in [9.17, 15) is 51.1 Å². The Morgan fingerprint density at radius 1 is 0.723 bits per heavy atom. The van der Waals surface area contributed by atoms with Gasteiger partial charge in [0.05, 0.1) is 36.0 Å². The maximum Gasteiger partial charge on any atom is 0.338 e. The zero-order valence-corrected chi connectivity index (χ0v) is 37.5. The summed E-state index contributed by atoms with van der Waals surface area (Å²) in [6, 6.07) is 17.0. The smallest absolute Gasteiger partial charge is 0.338 e. The number of rotatable bonds is 18. The number of Topliss-reactive ketones (excluding diaryl/α,β-unsaturated/α-hetero) is 1. The Balaban J connectivity index is 0.000000271. The van der Waals surface area contributed by atoms with Crippen molar-refractivity contribution in [3.63, 3.8) is 0 Å². The summed E-state index contributed by atoms with van der Waals surface area (Å²) in [6.45, 7) is 5.27. The zero-order chi connectivity index (χ0) is 48.3. The summed E-state index contributed by atoms with van der Waals surface area (Å²) < 4.78 is 80.4. The summed E-state index contributed by atoms with van der Waals surface area (Å²) in [7, 11) is 0.407. The highest BCUT2D eigenvalue weighted by atomic mass is 31.1. The van der Waals surface area contributed by atoms with Crippen molar-refractivity contribution in [2.75, 3.05) is 19.9 Å². The summed E-state index contributed by atoms with van der Waals surface area (Å²) in [6.07, 6.45) is 3.00. The van der Waals surface area contributed by atoms with Crippen molar-refractivity contribution in [2.24, 2.45) is 23.7 Å². The summed E-state index contributed by atoms with van der Waals surface area (Å²) in [5.41, 5.74) is 0.817. The third-order valence-electron chi connectivity index (χ3n) is 11.4. The molecule has 4 aliphatic rings. The number of benzene rings is 2. The molecule has 2 heterocycles. The molecule has 2 aliphatic heterocycles. The van der Waals surface area contributed by atoms with Gasteiger partial charge in [0.15, 0.2) is 0 Å². The lowest BCUT2D eigenvalue weighted by Crippen LogP contribution is -2.30. The van der Waals surface area contributed by atoms with Gasteiger partial charge in [-0.25, -0.2) is 9.59 Å². The standard InChI is InChI=1S/C22H24F2O5.C15H14O5.C9H17F2O2P.O2/c1-2-3-11-22(23,24)19(25)10-9-15-16-12-20(26)28-18(16)13-17(15)29-21(27)14-7-5-4-6-8-14;16-8-11-10-6-14(17)19-12(10)7-13(11)20-15(18)9-4-2-1-3-5-9;1-4-5-6-9(10,11)8(12)7-14(3)13-2;1-2/h4-10,15-18H,2-3,11-13H2,1H3;1-5,8,10-13H,6-7H2;4-7H2,1-3H3;/b10-9+;;;/t15-,16-,17?,18?;10-,11-,12?,13?;;/m11../s1. The molecule has 4 fully saturated rings. The Bertz CT molecular complexity index is 1930. The van der Waals surface area contributed by atoms with Crippen LogP contribution in [0.25, 0.3) is 0 Å². The summed E-state index contributed by atoms with van der Waals surface area (Å²) in [5, 5.41) is 0. The first-order valence-electron chi connectivity index (χ1n) is 21.2. The van der Waals surface area contributed by atoms with Gasteiger partial charge in [0.25, 0.3) is 0 Å². The van der Waals surface area contributed by atoms with Crippen LogP contribution in [0.5, 0.6) is 0 Å². The highest BCUT2D eigenvalue weighted by Crippen LogP contribution is 2.44. The number of ketones is 2. The van der Waals surface area contributed by atoms with Crippen LogP contribution in [-0.4, -0.2) is 97.9 Å². The molecule has 2 aromatic carbocycles. The Kier molecular flexibility index (Phi) is 21.7. The lowest BCUT2D eigenvalue weighted by atomic mass is 9.91. The molecule has 5 unspecified atom stereocenters. The molecule has 65 heavy (non-hydrogen) atoms. The van der Waals surface area contributed by atoms with Gasteiger partial charge in [-0.1, -0.05) is 69.2 Å². The molecular formula is C46H55F4O14P. The van der Waals surface area contributed by atoms with E-state index in [-0.39, 0.29) is 68.1 Å². The SMILES string of the molecule is CCCCC(F)(F)C(=O)/C=C/[C@H]1C(OC(=O)c2ccccc2)CC2OC(=O)C[C@@H]21.CCCCC(F)(F)C(=O)CP(C)OC.O=C[C@H]1C(OC(=O)c2ccccc2)CC2OC(=O)C[C@@H]21.O=O. The largest absolute Gasteiger partial charge is 0.462 e. The Morgan fingerprint density at radius 2 is 1.15 bits per heavy atom. The molecule has 0 bridgehead atoms. The molecule has 14 nitrogen and oxygen atoms in total. The van der Waals surface area contributed by atoms with Gasteiger partial charge in [0.1, 0.15) is 30.7 Å². The highest BCUT2D eigenvalue weighted by molar-refractivity contribution is 7.52. The van der Waals surface area contributed by atoms with E-state index in [1.165, 1.54) is 13.2 Å². The van der Waals surface area contributed by atoms with Crippen molar-refractivity contribution >= 4 is 49.9 Å². The Morgan fingerprint density at radius 3 is 1.58 bits per heavy atom. The molecule has 19 heteroatoms. The van der Waals surface area contributed by atoms with Gasteiger partial charge >= 0.3 is 35.7 Å². The van der Waals surface area contributed by atoms with Gasteiger partial charge in [0.2, 0.25) is 11.6 Å². The predicted molar refractivity (Wildman–Crippen MR) is 229 cm³/mol. The third-order valence-corrected chi connectivity index (χ3v) is 12.8. The Labute approximate surface area is 375 Å². The first-order valence-corrected chi connectivity index (χ1v) is 23.1. The molecule has 0 N–H and O–H groups in total. The first-order chi connectivity index (χ1) is 30.9. The number of halogens is 4. The average molecular weight is 939 g/mol. The van der Waals surface area contributed by atoms with Crippen molar-refractivity contribution in [1.82, 2.24) is 0 Å². The predicted octanol–water partition coefficient (Wildman–Crippen LogP) is 8.60. The zero-order valence-electron chi connectivity index (χ0n) is 36.6. The lowest BCUT2D eigenvalue weighted by molar-refractivity contribution is -0.143. The quantitative estimate of drug-likeness (QED) is 0.0344. The molecule has 0 spiro atoms. The minimum Gasteiger partial charge on any atom is -0.462 e. The van der Waals surface area contributed by atoms with Crippen molar-refractivity contribution < 1.29 is 74.6 Å². The van der Waals surface area contributed by atoms with E-state index < -0.39 is 80.1 Å². The number of alkyl halides is 4. The van der Waals surface area contributed by atoms with E-state index in [4.69, 9.17) is 33.4 Å². The van der Waals surface area contributed by atoms with Crippen LogP contribution in [0.1, 0.15) is 98.8 Å². The van der Waals surface area contributed by atoms with Crippen LogP contribution < -0.4 is 0 Å². The normalized spacial score (nSPS) is 24.6. The van der Waals surface area contributed by atoms with Gasteiger partial charge in [-0.3, -0.25) is 19.2 Å². The fourth-order valence-electron chi connectivity index (χ4n) is 7.82. The van der Waals surface area contributed by atoms with Crippen LogP contribution in [0.2, 0.25) is 0 Å². The molecule has 0 aromatic heterocycles. The second-order valence-corrected chi connectivity index (χ2v) is 17.8. The molecule has 2 saturated heterocycles. The number of allylic oxidation sites excluding steroid dienone is 1. The summed E-state index contributed by atoms with van der Waals surface area (Å²) in [4.78, 5) is 95.6. The van der Waals surface area contributed by atoms with E-state index in [0.29, 0.717) is 36.8 Å². The van der Waals surface area contributed by atoms with Crippen molar-refractivity contribution in [3.05, 3.63) is 93.9 Å². The molecule has 2 aliphatic carbocycles. The fourth-order valence-corrected chi connectivity index (χ4v) is 8.59. The first kappa shape index (κ1) is 54.1. The van der Waals surface area contributed by atoms with Gasteiger partial charge in [-0.05, 0) is 49.8 Å². The number of carbonyl (C=O) groups is 7. The molecule has 2 saturated carbocycles. The molecule has 0 amide bonds. The van der Waals surface area contributed by atoms with Gasteiger partial charge in [0, 0.05) is 68.6 Å². The van der Waals surface area contributed by atoms with Crippen LogP contribution in [-0.2, 0) is 47.4 Å². The van der Waals surface area contributed by atoms with Crippen LogP contribution in [0.3, 0.4) is 0 Å². The second kappa shape index (κ2) is 26.1. The minimum atomic E-state index is -3.43. The van der Waals surface area contributed by atoms with E-state index in [1.54, 1.807) is 68.2 Å². The van der Waals surface area contributed by atoms with Crippen LogP contribution in [0.15, 0.2) is 72.8 Å². The molecular weight excluding hydrogens is 883 g/mol. The number of aldehydes is 1. The average Bonchev–Trinajstić information content (AvgIpc) is 4.03. The van der Waals surface area contributed by atoms with Gasteiger partial charge in [-0.2, -0.15) is 17.6 Å². The maximum atomic E-state index is 14.0. The lowest BCUT2D eigenvalue weighted by Gasteiger charge is -2.20. The van der Waals surface area contributed by atoms with Gasteiger partial charge in [-0.15, -0.1) is 0 Å². The summed E-state index contributed by atoms with van der Waals surface area (Å²) in [5.74, 6) is -11.9. The topological polar surface area (TPSA) is 200 Å². The van der Waals surface area contributed by atoms with Crippen molar-refractivity contribution in [2.45, 2.75) is 114 Å². The van der Waals surface area contributed by atoms with Crippen molar-refractivity contribution in [1.29, 1.82) is 0 Å². The molecule has 356 valence electrons. The second-order valence-electron chi connectivity index (χ2n) is 15.9.